The lowest BCUT2D eigenvalue weighted by Gasteiger charge is -2.21. The molecule has 1 amide bonds. The summed E-state index contributed by atoms with van der Waals surface area (Å²) in [5.41, 5.74) is 5.01. The number of nitrogens with zero attached hydrogens (tertiary/aromatic N) is 2. The zero-order valence-corrected chi connectivity index (χ0v) is 37.1. The molecular formula is C45H68N4O5S2. The molecule has 0 heterocycles. The van der Waals surface area contributed by atoms with Gasteiger partial charge in [0.2, 0.25) is 15.9 Å². The molecule has 0 saturated heterocycles. The SMILES string of the molecule is CCCCCCCCCCCCCCCC(=O)NC1=CC(=NS(=O)(=O)c2c(C(C)C)cc(C(C)C)cc2C(C)C)C=CC1=Nc1ccc(C)c(NS(C)(=O)=O)c1. The molecule has 3 rings (SSSR count). The highest BCUT2D eigenvalue weighted by molar-refractivity contribution is 7.92. The number of benzene rings is 2. The second-order valence-corrected chi connectivity index (χ2v) is 19.6. The van der Waals surface area contributed by atoms with Crippen molar-refractivity contribution in [3.05, 3.63) is 76.5 Å². The Bertz CT molecular complexity index is 1940. The smallest absolute Gasteiger partial charge is 0.283 e. The van der Waals surface area contributed by atoms with Gasteiger partial charge in [0, 0.05) is 6.42 Å². The summed E-state index contributed by atoms with van der Waals surface area (Å²) in [6.07, 6.45) is 21.9. The van der Waals surface area contributed by atoms with E-state index in [2.05, 4.69) is 35.2 Å². The van der Waals surface area contributed by atoms with E-state index >= 15 is 0 Å². The van der Waals surface area contributed by atoms with Crippen LogP contribution in [-0.4, -0.2) is 40.4 Å². The van der Waals surface area contributed by atoms with Gasteiger partial charge in [-0.05, 0) is 83.7 Å². The molecule has 1 aliphatic carbocycles. The molecule has 11 heteroatoms. The summed E-state index contributed by atoms with van der Waals surface area (Å²) < 4.78 is 59.4. The Hall–Kier alpha value is -3.57. The van der Waals surface area contributed by atoms with Crippen LogP contribution in [0.15, 0.2) is 68.5 Å². The van der Waals surface area contributed by atoms with Crippen LogP contribution >= 0.6 is 0 Å². The minimum Gasteiger partial charge on any atom is -0.324 e. The molecule has 0 spiro atoms. The number of hydrogen-bond acceptors (Lipinski definition) is 6. The Balaban J connectivity index is 1.85. The van der Waals surface area contributed by atoms with Crippen molar-refractivity contribution in [2.75, 3.05) is 11.0 Å². The van der Waals surface area contributed by atoms with Gasteiger partial charge in [0.15, 0.2) is 0 Å². The van der Waals surface area contributed by atoms with Crippen molar-refractivity contribution >= 4 is 48.8 Å². The van der Waals surface area contributed by atoms with Gasteiger partial charge in [-0.25, -0.2) is 13.4 Å². The van der Waals surface area contributed by atoms with Crippen molar-refractivity contribution in [3.8, 4) is 0 Å². The Labute approximate surface area is 339 Å². The monoisotopic (exact) mass is 808 g/mol. The number of carbonyl (C=O) groups is 1. The standard InChI is InChI=1S/C45H68N4O5S2/c1-10-11-12-13-14-15-16-17-18-19-20-21-22-23-44(50)47-43-31-38(26-27-41(43)46-37-25-24-35(8)42(30-37)49-55(9,51)52)48-56(53,54)45-39(33(4)5)28-36(32(2)3)29-40(45)34(6)7/h24-34,49H,10-23H2,1-9H3,(H,47,50). The van der Waals surface area contributed by atoms with E-state index in [4.69, 9.17) is 4.99 Å². The number of sulfonamides is 2. The first-order chi connectivity index (χ1) is 26.4. The van der Waals surface area contributed by atoms with Gasteiger partial charge in [-0.1, -0.05) is 144 Å². The zero-order chi connectivity index (χ0) is 41.5. The number of hydrogen-bond donors (Lipinski definition) is 2. The summed E-state index contributed by atoms with van der Waals surface area (Å²) in [5.74, 6) is -0.0678. The highest BCUT2D eigenvalue weighted by atomic mass is 32.2. The molecular weight excluding hydrogens is 741 g/mol. The van der Waals surface area contributed by atoms with Gasteiger partial charge in [-0.2, -0.15) is 12.8 Å². The topological polar surface area (TPSA) is 134 Å². The van der Waals surface area contributed by atoms with E-state index in [-0.39, 0.29) is 34.3 Å². The molecule has 2 N–H and O–H groups in total. The average Bonchev–Trinajstić information content (AvgIpc) is 3.11. The largest absolute Gasteiger partial charge is 0.324 e. The predicted octanol–water partition coefficient (Wildman–Crippen LogP) is 11.7. The van der Waals surface area contributed by atoms with Crippen LogP contribution in [0.5, 0.6) is 0 Å². The second kappa shape index (κ2) is 22.4. The molecule has 0 aliphatic heterocycles. The fraction of sp³-hybridized carbons (Fsp3) is 0.578. The van der Waals surface area contributed by atoms with Gasteiger partial charge in [-0.3, -0.25) is 9.52 Å². The minimum absolute atomic E-state index is 0.0520. The number of aliphatic imine (C=N–C) groups is 1. The van der Waals surface area contributed by atoms with Crippen LogP contribution in [0, 0.1) is 6.92 Å². The van der Waals surface area contributed by atoms with Crippen molar-refractivity contribution in [2.24, 2.45) is 9.39 Å². The summed E-state index contributed by atoms with van der Waals surface area (Å²) in [6, 6.07) is 9.12. The van der Waals surface area contributed by atoms with Crippen molar-refractivity contribution in [2.45, 2.75) is 168 Å². The highest BCUT2D eigenvalue weighted by Crippen LogP contribution is 2.36. The highest BCUT2D eigenvalue weighted by Gasteiger charge is 2.27. The Morgan fingerprint density at radius 2 is 1.25 bits per heavy atom. The van der Waals surface area contributed by atoms with Crippen molar-refractivity contribution in [1.29, 1.82) is 0 Å². The van der Waals surface area contributed by atoms with Crippen LogP contribution < -0.4 is 10.0 Å². The van der Waals surface area contributed by atoms with Crippen molar-refractivity contribution < 1.29 is 21.6 Å². The molecule has 310 valence electrons. The third-order valence-corrected chi connectivity index (χ3v) is 12.1. The first-order valence-corrected chi connectivity index (χ1v) is 24.1. The zero-order valence-electron chi connectivity index (χ0n) is 35.5. The lowest BCUT2D eigenvalue weighted by molar-refractivity contribution is -0.120. The molecule has 0 aromatic heterocycles. The number of carbonyl (C=O) groups excluding carboxylic acids is 1. The fourth-order valence-corrected chi connectivity index (χ4v) is 9.08. The Morgan fingerprint density at radius 1 is 0.714 bits per heavy atom. The Kier molecular flexibility index (Phi) is 18.7. The van der Waals surface area contributed by atoms with E-state index in [9.17, 15) is 21.6 Å². The molecule has 2 aromatic rings. The number of unbranched alkanes of at least 4 members (excludes halogenated alkanes) is 12. The predicted molar refractivity (Wildman–Crippen MR) is 236 cm³/mol. The molecule has 0 fully saturated rings. The third-order valence-electron chi connectivity index (χ3n) is 10.1. The number of allylic oxidation sites excluding steroid dienone is 3. The van der Waals surface area contributed by atoms with Crippen molar-refractivity contribution in [1.82, 2.24) is 5.32 Å². The van der Waals surface area contributed by atoms with Gasteiger partial charge in [0.05, 0.1) is 39.6 Å². The van der Waals surface area contributed by atoms with E-state index in [1.54, 1.807) is 43.4 Å². The number of anilines is 1. The minimum atomic E-state index is -4.17. The van der Waals surface area contributed by atoms with Crippen LogP contribution in [0.1, 0.15) is 178 Å². The van der Waals surface area contributed by atoms with Crippen LogP contribution in [0.4, 0.5) is 11.4 Å². The molecule has 2 aromatic carbocycles. The van der Waals surface area contributed by atoms with E-state index < -0.39 is 20.0 Å². The van der Waals surface area contributed by atoms with Gasteiger partial charge in [0.25, 0.3) is 10.0 Å². The van der Waals surface area contributed by atoms with E-state index in [1.807, 2.05) is 39.8 Å². The molecule has 1 aliphatic rings. The molecule has 9 nitrogen and oxygen atoms in total. The number of nitrogens with one attached hydrogen (secondary N) is 2. The van der Waals surface area contributed by atoms with Gasteiger partial charge in [0.1, 0.15) is 0 Å². The molecule has 0 unspecified atom stereocenters. The summed E-state index contributed by atoms with van der Waals surface area (Å²) in [5, 5.41) is 2.98. The number of rotatable bonds is 23. The maximum absolute atomic E-state index is 14.2. The maximum Gasteiger partial charge on any atom is 0.283 e. The summed E-state index contributed by atoms with van der Waals surface area (Å²) in [6.45, 7) is 16.2. The normalized spacial score (nSPS) is 15.0. The molecule has 56 heavy (non-hydrogen) atoms. The summed E-state index contributed by atoms with van der Waals surface area (Å²) in [4.78, 5) is 18.3. The van der Waals surface area contributed by atoms with E-state index in [0.29, 0.717) is 29.2 Å². The summed E-state index contributed by atoms with van der Waals surface area (Å²) >= 11 is 0. The average molecular weight is 809 g/mol. The lowest BCUT2D eigenvalue weighted by Crippen LogP contribution is -2.29. The second-order valence-electron chi connectivity index (χ2n) is 16.3. The Morgan fingerprint density at radius 3 is 1.75 bits per heavy atom. The molecule has 0 radical (unpaired) electrons. The molecule has 0 bridgehead atoms. The molecule has 0 saturated carbocycles. The van der Waals surface area contributed by atoms with Crippen LogP contribution in [0.2, 0.25) is 0 Å². The van der Waals surface area contributed by atoms with Crippen LogP contribution in [0.3, 0.4) is 0 Å². The van der Waals surface area contributed by atoms with Gasteiger partial charge >= 0.3 is 0 Å². The van der Waals surface area contributed by atoms with E-state index in [1.165, 1.54) is 64.2 Å². The maximum atomic E-state index is 14.2. The number of amides is 1. The third kappa shape index (κ3) is 15.4. The first kappa shape index (κ1) is 46.8. The van der Waals surface area contributed by atoms with Crippen molar-refractivity contribution in [3.63, 3.8) is 0 Å². The van der Waals surface area contributed by atoms with Gasteiger partial charge < -0.3 is 5.32 Å². The van der Waals surface area contributed by atoms with Crippen LogP contribution in [0.25, 0.3) is 0 Å². The van der Waals surface area contributed by atoms with Crippen LogP contribution in [-0.2, 0) is 24.8 Å². The number of aryl methyl sites for hydroxylation is 1. The lowest BCUT2D eigenvalue weighted by atomic mass is 9.89. The van der Waals surface area contributed by atoms with Gasteiger partial charge in [-0.15, -0.1) is 0 Å². The quantitative estimate of drug-likeness (QED) is 0.0851. The first-order valence-electron chi connectivity index (χ1n) is 20.8. The molecule has 0 atom stereocenters. The van der Waals surface area contributed by atoms with E-state index in [0.717, 1.165) is 47.8 Å². The summed E-state index contributed by atoms with van der Waals surface area (Å²) in [7, 11) is -7.70. The fourth-order valence-electron chi connectivity index (χ4n) is 6.79.